The van der Waals surface area contributed by atoms with Crippen molar-refractivity contribution in [2.75, 3.05) is 0 Å². The first-order valence-corrected chi connectivity index (χ1v) is 7.59. The fourth-order valence-corrected chi connectivity index (χ4v) is 3.48. The molecule has 19 heavy (non-hydrogen) atoms. The number of aryl methyl sites for hydroxylation is 3. The van der Waals surface area contributed by atoms with Crippen molar-refractivity contribution in [3.05, 3.63) is 32.4 Å². The van der Waals surface area contributed by atoms with Gasteiger partial charge >= 0.3 is 0 Å². The molecule has 4 nitrogen and oxygen atoms in total. The van der Waals surface area contributed by atoms with Crippen LogP contribution in [0.4, 0.5) is 0 Å². The maximum Gasteiger partial charge on any atom is 0.179 e. The molecule has 0 aliphatic carbocycles. The highest BCUT2D eigenvalue weighted by atomic mass is 32.1. The molecule has 3 heterocycles. The molecule has 0 amide bonds. The van der Waals surface area contributed by atoms with Crippen LogP contribution in [0.25, 0.3) is 11.2 Å². The first kappa shape index (κ1) is 12.6. The molecule has 3 aromatic heterocycles. The molecule has 0 aliphatic rings. The van der Waals surface area contributed by atoms with Crippen molar-refractivity contribution in [2.24, 2.45) is 0 Å². The van der Waals surface area contributed by atoms with E-state index < -0.39 is 0 Å². The largest absolute Gasteiger partial charge is 0.328 e. The normalized spacial score (nSPS) is 11.5. The van der Waals surface area contributed by atoms with Gasteiger partial charge in [-0.25, -0.2) is 4.68 Å². The Bertz CT molecular complexity index is 787. The smallest absolute Gasteiger partial charge is 0.179 e. The van der Waals surface area contributed by atoms with Crippen LogP contribution in [-0.2, 0) is 13.1 Å². The maximum absolute atomic E-state index is 5.46. The number of nitrogens with one attached hydrogen (secondary N) is 1. The second kappa shape index (κ2) is 4.61. The molecular weight excluding hydrogens is 276 g/mol. The molecule has 0 aromatic carbocycles. The van der Waals surface area contributed by atoms with Crippen LogP contribution in [0, 0.1) is 18.6 Å². The van der Waals surface area contributed by atoms with Gasteiger partial charge in [0.05, 0.1) is 12.2 Å². The second-order valence-electron chi connectivity index (χ2n) is 4.64. The lowest BCUT2D eigenvalue weighted by molar-refractivity contribution is 0.644. The number of rotatable bonds is 3. The van der Waals surface area contributed by atoms with Gasteiger partial charge in [-0.2, -0.15) is 5.10 Å². The fraction of sp³-hybridized carbons (Fsp3) is 0.385. The standard InChI is InChI=1S/C13H16N4S2/c1-4-17-12-11(9(3)15-17)14-13(18)16(12)7-10-8(2)5-6-19-10/h5-6H,4,7H2,1-3H3,(H,14,18). The Kier molecular flexibility index (Phi) is 3.06. The molecule has 3 rings (SSSR count). The molecule has 0 spiro atoms. The third-order valence-corrected chi connectivity index (χ3v) is 4.73. The van der Waals surface area contributed by atoms with Crippen LogP contribution in [0.3, 0.4) is 0 Å². The van der Waals surface area contributed by atoms with Crippen molar-refractivity contribution >= 4 is 34.7 Å². The average Bonchev–Trinajstić information content (AvgIpc) is 3.01. The number of aromatic nitrogens is 4. The number of fused-ring (bicyclic) bond motifs is 1. The first-order chi connectivity index (χ1) is 9.11. The Balaban J connectivity index is 2.20. The molecular formula is C13H16N4S2. The lowest BCUT2D eigenvalue weighted by atomic mass is 10.3. The summed E-state index contributed by atoms with van der Waals surface area (Å²) in [6.07, 6.45) is 0. The molecule has 0 bridgehead atoms. The van der Waals surface area contributed by atoms with E-state index in [4.69, 9.17) is 12.2 Å². The zero-order chi connectivity index (χ0) is 13.6. The van der Waals surface area contributed by atoms with Crippen LogP contribution in [0.15, 0.2) is 11.4 Å². The van der Waals surface area contributed by atoms with Crippen molar-refractivity contribution in [1.82, 2.24) is 19.3 Å². The van der Waals surface area contributed by atoms with Crippen LogP contribution < -0.4 is 0 Å². The van der Waals surface area contributed by atoms with E-state index in [-0.39, 0.29) is 0 Å². The van der Waals surface area contributed by atoms with E-state index in [0.29, 0.717) is 0 Å². The van der Waals surface area contributed by atoms with E-state index >= 15 is 0 Å². The van der Waals surface area contributed by atoms with Gasteiger partial charge in [0.1, 0.15) is 5.52 Å². The Hall–Kier alpha value is -1.40. The minimum Gasteiger partial charge on any atom is -0.328 e. The van der Waals surface area contributed by atoms with E-state index in [1.54, 1.807) is 11.3 Å². The Morgan fingerprint density at radius 1 is 1.42 bits per heavy atom. The fourth-order valence-electron chi connectivity index (χ4n) is 2.34. The molecule has 1 N–H and O–H groups in total. The van der Waals surface area contributed by atoms with E-state index in [1.165, 1.54) is 10.4 Å². The van der Waals surface area contributed by atoms with Gasteiger partial charge in [0.15, 0.2) is 10.4 Å². The summed E-state index contributed by atoms with van der Waals surface area (Å²) in [4.78, 5) is 4.63. The molecule has 0 aliphatic heterocycles. The number of thiophene rings is 1. The molecule has 0 radical (unpaired) electrons. The summed E-state index contributed by atoms with van der Waals surface area (Å²) >= 11 is 7.24. The van der Waals surface area contributed by atoms with E-state index in [2.05, 4.69) is 39.9 Å². The molecule has 100 valence electrons. The van der Waals surface area contributed by atoms with Gasteiger partial charge in [0.25, 0.3) is 0 Å². The zero-order valence-electron chi connectivity index (χ0n) is 11.2. The van der Waals surface area contributed by atoms with Crippen molar-refractivity contribution in [1.29, 1.82) is 0 Å². The molecule has 0 atom stereocenters. The Labute approximate surface area is 120 Å². The van der Waals surface area contributed by atoms with Gasteiger partial charge in [-0.1, -0.05) is 0 Å². The van der Waals surface area contributed by atoms with Gasteiger partial charge in [0, 0.05) is 11.4 Å². The number of aromatic amines is 1. The summed E-state index contributed by atoms with van der Waals surface area (Å²) in [7, 11) is 0. The predicted molar refractivity (Wildman–Crippen MR) is 81.5 cm³/mol. The minimum atomic E-state index is 0.769. The lowest BCUT2D eigenvalue weighted by Gasteiger charge is -2.05. The predicted octanol–water partition coefficient (Wildman–Crippen LogP) is 3.64. The quantitative estimate of drug-likeness (QED) is 0.748. The average molecular weight is 292 g/mol. The SMILES string of the molecule is CCn1nc(C)c2[nH]c(=S)n(Cc3sccc3C)c21. The van der Waals surface area contributed by atoms with E-state index in [9.17, 15) is 0 Å². The monoisotopic (exact) mass is 292 g/mol. The van der Waals surface area contributed by atoms with Crippen molar-refractivity contribution < 1.29 is 0 Å². The van der Waals surface area contributed by atoms with Gasteiger partial charge in [-0.15, -0.1) is 11.3 Å². The van der Waals surface area contributed by atoms with Crippen molar-refractivity contribution in [3.8, 4) is 0 Å². The van der Waals surface area contributed by atoms with Crippen molar-refractivity contribution in [2.45, 2.75) is 33.9 Å². The topological polar surface area (TPSA) is 38.5 Å². The third-order valence-electron chi connectivity index (χ3n) is 3.40. The van der Waals surface area contributed by atoms with Gasteiger partial charge in [0.2, 0.25) is 0 Å². The summed E-state index contributed by atoms with van der Waals surface area (Å²) in [6.45, 7) is 7.92. The summed E-state index contributed by atoms with van der Waals surface area (Å²) in [5, 5.41) is 6.67. The summed E-state index contributed by atoms with van der Waals surface area (Å²) in [6, 6.07) is 2.15. The van der Waals surface area contributed by atoms with Crippen LogP contribution in [-0.4, -0.2) is 19.3 Å². The molecule has 6 heteroatoms. The van der Waals surface area contributed by atoms with E-state index in [0.717, 1.165) is 34.7 Å². The molecule has 0 unspecified atom stereocenters. The first-order valence-electron chi connectivity index (χ1n) is 6.30. The summed E-state index contributed by atoms with van der Waals surface area (Å²) in [5.41, 5.74) is 4.48. The number of hydrogen-bond donors (Lipinski definition) is 1. The van der Waals surface area contributed by atoms with Crippen LogP contribution in [0.5, 0.6) is 0 Å². The second-order valence-corrected chi connectivity index (χ2v) is 6.03. The Morgan fingerprint density at radius 2 is 2.21 bits per heavy atom. The summed E-state index contributed by atoms with van der Waals surface area (Å²) in [5.74, 6) is 0. The van der Waals surface area contributed by atoms with Crippen LogP contribution in [0.1, 0.15) is 23.1 Å². The van der Waals surface area contributed by atoms with Gasteiger partial charge < -0.3 is 4.98 Å². The number of nitrogens with zero attached hydrogens (tertiary/aromatic N) is 3. The molecule has 3 aromatic rings. The van der Waals surface area contributed by atoms with Crippen LogP contribution >= 0.6 is 23.6 Å². The molecule has 0 fully saturated rings. The van der Waals surface area contributed by atoms with E-state index in [1.807, 2.05) is 11.6 Å². The molecule has 0 saturated carbocycles. The van der Waals surface area contributed by atoms with Crippen LogP contribution in [0.2, 0.25) is 0 Å². The minimum absolute atomic E-state index is 0.769. The number of H-pyrrole nitrogens is 1. The van der Waals surface area contributed by atoms with Crippen molar-refractivity contribution in [3.63, 3.8) is 0 Å². The highest BCUT2D eigenvalue weighted by Crippen LogP contribution is 2.22. The lowest BCUT2D eigenvalue weighted by Crippen LogP contribution is -2.06. The van der Waals surface area contributed by atoms with Gasteiger partial charge in [-0.3, -0.25) is 4.57 Å². The zero-order valence-corrected chi connectivity index (χ0v) is 12.9. The summed E-state index contributed by atoms with van der Waals surface area (Å²) < 4.78 is 4.93. The molecule has 0 saturated heterocycles. The number of hydrogen-bond acceptors (Lipinski definition) is 3. The Morgan fingerprint density at radius 3 is 2.84 bits per heavy atom. The van der Waals surface area contributed by atoms with Gasteiger partial charge in [-0.05, 0) is 50.0 Å². The number of imidazole rings is 1. The highest BCUT2D eigenvalue weighted by Gasteiger charge is 2.14. The maximum atomic E-state index is 5.46. The highest BCUT2D eigenvalue weighted by molar-refractivity contribution is 7.71. The third kappa shape index (κ3) is 1.95.